The number of unbranched alkanes of at least 4 members (excludes halogenated alkanes) is 1. The molecule has 1 aromatic heterocycles. The molecule has 1 aliphatic heterocycles. The number of ether oxygens (including phenoxy) is 1. The van der Waals surface area contributed by atoms with E-state index in [1.165, 1.54) is 5.69 Å². The van der Waals surface area contributed by atoms with Gasteiger partial charge in [0.2, 0.25) is 5.96 Å². The minimum Gasteiger partial charge on any atom is -0.492 e. The van der Waals surface area contributed by atoms with Gasteiger partial charge in [0.15, 0.2) is 0 Å². The van der Waals surface area contributed by atoms with Gasteiger partial charge >= 0.3 is 0 Å². The third-order valence-corrected chi connectivity index (χ3v) is 4.87. The molecule has 150 valence electrons. The maximum absolute atomic E-state index is 5.96. The van der Waals surface area contributed by atoms with Crippen LogP contribution in [0.25, 0.3) is 5.69 Å². The van der Waals surface area contributed by atoms with Gasteiger partial charge < -0.3 is 20.8 Å². The van der Waals surface area contributed by atoms with E-state index in [1.807, 2.05) is 12.3 Å². The lowest BCUT2D eigenvalue weighted by Crippen LogP contribution is -2.31. The van der Waals surface area contributed by atoms with Crippen molar-refractivity contribution in [2.24, 2.45) is 21.7 Å². The molecule has 0 radical (unpaired) electrons. The first-order chi connectivity index (χ1) is 13.7. The fourth-order valence-electron chi connectivity index (χ4n) is 3.45. The number of rotatable bonds is 9. The fourth-order valence-corrected chi connectivity index (χ4v) is 3.45. The first-order valence-corrected chi connectivity index (χ1v) is 9.93. The van der Waals surface area contributed by atoms with Crippen LogP contribution in [-0.2, 0) is 6.54 Å². The second-order valence-electron chi connectivity index (χ2n) is 7.04. The number of aromatic nitrogens is 1. The third-order valence-electron chi connectivity index (χ3n) is 4.87. The van der Waals surface area contributed by atoms with Crippen LogP contribution in [0, 0.1) is 0 Å². The van der Waals surface area contributed by atoms with Crippen LogP contribution in [0.15, 0.2) is 52.8 Å². The summed E-state index contributed by atoms with van der Waals surface area (Å²) in [5.41, 5.74) is 13.0. The lowest BCUT2D eigenvalue weighted by molar-refractivity contribution is 0.291. The SMILES string of the molecule is CCCCOc1cc(CN2CCCC2/C=N/N=C(N)N)n(-c2ccccc2)c1. The van der Waals surface area contributed by atoms with Crippen molar-refractivity contribution < 1.29 is 4.74 Å². The number of hydrogen-bond acceptors (Lipinski definition) is 4. The molecule has 3 rings (SSSR count). The third kappa shape index (κ3) is 5.36. The minimum atomic E-state index is -0.0207. The zero-order valence-corrected chi connectivity index (χ0v) is 16.5. The molecule has 1 saturated heterocycles. The van der Waals surface area contributed by atoms with Gasteiger partial charge in [-0.2, -0.15) is 5.10 Å². The number of nitrogens with zero attached hydrogens (tertiary/aromatic N) is 4. The fraction of sp³-hybridized carbons (Fsp3) is 0.429. The zero-order chi connectivity index (χ0) is 19.8. The number of guanidine groups is 1. The van der Waals surface area contributed by atoms with E-state index in [9.17, 15) is 0 Å². The van der Waals surface area contributed by atoms with Crippen LogP contribution in [0.3, 0.4) is 0 Å². The normalized spacial score (nSPS) is 17.2. The molecule has 4 N–H and O–H groups in total. The van der Waals surface area contributed by atoms with Gasteiger partial charge in [-0.3, -0.25) is 4.90 Å². The average molecular weight is 383 g/mol. The largest absolute Gasteiger partial charge is 0.492 e. The first kappa shape index (κ1) is 19.9. The van der Waals surface area contributed by atoms with Gasteiger partial charge in [0.1, 0.15) is 5.75 Å². The maximum atomic E-state index is 5.96. The lowest BCUT2D eigenvalue weighted by Gasteiger charge is -2.21. The molecule has 1 unspecified atom stereocenters. The minimum absolute atomic E-state index is 0.0207. The second-order valence-corrected chi connectivity index (χ2v) is 7.04. The highest BCUT2D eigenvalue weighted by Gasteiger charge is 2.24. The summed E-state index contributed by atoms with van der Waals surface area (Å²) in [4.78, 5) is 2.40. The quantitative estimate of drug-likeness (QED) is 0.302. The number of benzene rings is 1. The van der Waals surface area contributed by atoms with Gasteiger partial charge in [0.05, 0.1) is 12.8 Å². The van der Waals surface area contributed by atoms with E-state index in [4.69, 9.17) is 16.2 Å². The Balaban J connectivity index is 1.79. The van der Waals surface area contributed by atoms with Crippen LogP contribution in [-0.4, -0.2) is 40.8 Å². The van der Waals surface area contributed by atoms with Crippen molar-refractivity contribution in [3.05, 3.63) is 48.3 Å². The Bertz CT molecular complexity index is 794. The maximum Gasteiger partial charge on any atom is 0.211 e. The highest BCUT2D eigenvalue weighted by molar-refractivity contribution is 5.76. The van der Waals surface area contributed by atoms with E-state index >= 15 is 0 Å². The van der Waals surface area contributed by atoms with E-state index in [0.717, 1.165) is 56.8 Å². The zero-order valence-electron chi connectivity index (χ0n) is 16.5. The van der Waals surface area contributed by atoms with Crippen molar-refractivity contribution in [2.45, 2.75) is 45.2 Å². The molecule has 2 heterocycles. The van der Waals surface area contributed by atoms with E-state index < -0.39 is 0 Å². The summed E-state index contributed by atoms with van der Waals surface area (Å²) in [6.07, 6.45) is 8.28. The van der Waals surface area contributed by atoms with Crippen LogP contribution in [0.4, 0.5) is 0 Å². The summed E-state index contributed by atoms with van der Waals surface area (Å²) in [6.45, 7) is 4.74. The molecule has 1 aliphatic rings. The van der Waals surface area contributed by atoms with E-state index in [-0.39, 0.29) is 12.0 Å². The molecule has 0 spiro atoms. The number of likely N-dealkylation sites (tertiary alicyclic amines) is 1. The molecule has 1 fully saturated rings. The van der Waals surface area contributed by atoms with Gasteiger partial charge in [-0.25, -0.2) is 0 Å². The van der Waals surface area contributed by atoms with Gasteiger partial charge in [0, 0.05) is 36.2 Å². The molecule has 0 bridgehead atoms. The monoisotopic (exact) mass is 382 g/mol. The van der Waals surface area contributed by atoms with Crippen molar-refractivity contribution in [1.29, 1.82) is 0 Å². The van der Waals surface area contributed by atoms with Gasteiger partial charge in [-0.15, -0.1) is 5.10 Å². The highest BCUT2D eigenvalue weighted by Crippen LogP contribution is 2.26. The Morgan fingerprint density at radius 2 is 2.11 bits per heavy atom. The molecule has 28 heavy (non-hydrogen) atoms. The molecule has 0 aliphatic carbocycles. The number of para-hydroxylation sites is 1. The van der Waals surface area contributed by atoms with Crippen molar-refractivity contribution in [3.8, 4) is 11.4 Å². The molecule has 1 aromatic carbocycles. The van der Waals surface area contributed by atoms with E-state index in [1.54, 1.807) is 0 Å². The van der Waals surface area contributed by atoms with Crippen molar-refractivity contribution in [2.75, 3.05) is 13.2 Å². The Morgan fingerprint density at radius 1 is 1.29 bits per heavy atom. The summed E-state index contributed by atoms with van der Waals surface area (Å²) in [7, 11) is 0. The van der Waals surface area contributed by atoms with E-state index in [0.29, 0.717) is 0 Å². The summed E-state index contributed by atoms with van der Waals surface area (Å²) in [5.74, 6) is 0.893. The molecule has 0 saturated carbocycles. The predicted octanol–water partition coefficient (Wildman–Crippen LogP) is 2.88. The second kappa shape index (κ2) is 9.94. The Morgan fingerprint density at radius 3 is 2.86 bits per heavy atom. The summed E-state index contributed by atoms with van der Waals surface area (Å²) in [5, 5.41) is 7.75. The Labute approximate surface area is 166 Å². The summed E-state index contributed by atoms with van der Waals surface area (Å²) < 4.78 is 8.17. The molecular weight excluding hydrogens is 352 g/mol. The average Bonchev–Trinajstić information content (AvgIpc) is 3.30. The van der Waals surface area contributed by atoms with Crippen LogP contribution in [0.1, 0.15) is 38.3 Å². The van der Waals surface area contributed by atoms with Crippen LogP contribution < -0.4 is 16.2 Å². The van der Waals surface area contributed by atoms with E-state index in [2.05, 4.69) is 63.1 Å². The topological polar surface area (TPSA) is 94.2 Å². The Kier molecular flexibility index (Phi) is 7.08. The number of hydrogen-bond donors (Lipinski definition) is 2. The molecule has 0 amide bonds. The van der Waals surface area contributed by atoms with Gasteiger partial charge in [0.25, 0.3) is 0 Å². The molecule has 2 aromatic rings. The van der Waals surface area contributed by atoms with Gasteiger partial charge in [-0.05, 0) is 37.9 Å². The van der Waals surface area contributed by atoms with Gasteiger partial charge in [-0.1, -0.05) is 31.5 Å². The molecule has 1 atom stereocenters. The van der Waals surface area contributed by atoms with Crippen molar-refractivity contribution in [1.82, 2.24) is 9.47 Å². The van der Waals surface area contributed by atoms with Crippen molar-refractivity contribution >= 4 is 12.2 Å². The van der Waals surface area contributed by atoms with Crippen molar-refractivity contribution in [3.63, 3.8) is 0 Å². The highest BCUT2D eigenvalue weighted by atomic mass is 16.5. The lowest BCUT2D eigenvalue weighted by atomic mass is 10.2. The first-order valence-electron chi connectivity index (χ1n) is 9.93. The smallest absolute Gasteiger partial charge is 0.211 e. The predicted molar refractivity (Wildman–Crippen MR) is 114 cm³/mol. The standard InChI is InChI=1S/C21H30N6O/c1-2-3-12-28-20-13-19(27(16-20)17-8-5-4-6-9-17)15-26-11-7-10-18(26)14-24-25-21(22)23/h4-6,8-9,13-14,16,18H,2-3,7,10-12,15H2,1H3,(H4,22,23,25)/b24-14+. The molecule has 7 nitrogen and oxygen atoms in total. The van der Waals surface area contributed by atoms with Crippen LogP contribution >= 0.6 is 0 Å². The Hall–Kier alpha value is -2.80. The summed E-state index contributed by atoms with van der Waals surface area (Å²) in [6, 6.07) is 12.7. The van der Waals surface area contributed by atoms with Crippen LogP contribution in [0.5, 0.6) is 5.75 Å². The van der Waals surface area contributed by atoms with Crippen LogP contribution in [0.2, 0.25) is 0 Å². The molecule has 7 heteroatoms. The summed E-state index contributed by atoms with van der Waals surface area (Å²) >= 11 is 0. The number of nitrogens with two attached hydrogens (primary N) is 2. The molecular formula is C21H30N6O.